The van der Waals surface area contributed by atoms with Gasteiger partial charge in [0.1, 0.15) is 0 Å². The third-order valence-electron chi connectivity index (χ3n) is 4.94. The second-order valence-corrected chi connectivity index (χ2v) is 6.64. The van der Waals surface area contributed by atoms with Crippen LogP contribution in [0.5, 0.6) is 0 Å². The summed E-state index contributed by atoms with van der Waals surface area (Å²) < 4.78 is 1.60. The van der Waals surface area contributed by atoms with Crippen LogP contribution in [0.1, 0.15) is 18.4 Å². The van der Waals surface area contributed by atoms with E-state index in [1.165, 1.54) is 6.08 Å². The SMILES string of the molecule is C=CC(=O)N1CCCC(C(=O)NCc2cc3ccccc3n(C)c2=O)C1. The van der Waals surface area contributed by atoms with E-state index in [1.807, 2.05) is 30.3 Å². The first kappa shape index (κ1) is 17.9. The average molecular weight is 353 g/mol. The van der Waals surface area contributed by atoms with Gasteiger partial charge in [-0.1, -0.05) is 24.8 Å². The highest BCUT2D eigenvalue weighted by Gasteiger charge is 2.27. The Hall–Kier alpha value is -2.89. The van der Waals surface area contributed by atoms with Crippen LogP contribution >= 0.6 is 0 Å². The number of fused-ring (bicyclic) bond motifs is 1. The number of aryl methyl sites for hydroxylation is 1. The number of hydrogen-bond acceptors (Lipinski definition) is 3. The number of carbonyl (C=O) groups excluding carboxylic acids is 2. The summed E-state index contributed by atoms with van der Waals surface area (Å²) in [6, 6.07) is 9.48. The molecule has 1 aliphatic rings. The maximum Gasteiger partial charge on any atom is 0.255 e. The number of aromatic nitrogens is 1. The van der Waals surface area contributed by atoms with E-state index in [-0.39, 0.29) is 29.8 Å². The highest BCUT2D eigenvalue weighted by atomic mass is 16.2. The molecule has 1 atom stereocenters. The Morgan fingerprint density at radius 2 is 2.12 bits per heavy atom. The van der Waals surface area contributed by atoms with E-state index in [1.54, 1.807) is 16.5 Å². The van der Waals surface area contributed by atoms with Gasteiger partial charge in [0.2, 0.25) is 11.8 Å². The fraction of sp³-hybridized carbons (Fsp3) is 0.350. The quantitative estimate of drug-likeness (QED) is 0.849. The van der Waals surface area contributed by atoms with Gasteiger partial charge in [-0.2, -0.15) is 0 Å². The molecule has 1 aliphatic heterocycles. The van der Waals surface area contributed by atoms with Gasteiger partial charge in [-0.3, -0.25) is 14.4 Å². The van der Waals surface area contributed by atoms with Crippen molar-refractivity contribution < 1.29 is 9.59 Å². The van der Waals surface area contributed by atoms with Crippen LogP contribution in [0.4, 0.5) is 0 Å². The van der Waals surface area contributed by atoms with Crippen molar-refractivity contribution >= 4 is 22.7 Å². The van der Waals surface area contributed by atoms with Gasteiger partial charge < -0.3 is 14.8 Å². The number of likely N-dealkylation sites (tertiary alicyclic amines) is 1. The Morgan fingerprint density at radius 3 is 2.88 bits per heavy atom. The van der Waals surface area contributed by atoms with Crippen molar-refractivity contribution in [2.75, 3.05) is 13.1 Å². The van der Waals surface area contributed by atoms with Crippen molar-refractivity contribution in [3.63, 3.8) is 0 Å². The number of hydrogen-bond donors (Lipinski definition) is 1. The molecule has 26 heavy (non-hydrogen) atoms. The van der Waals surface area contributed by atoms with Crippen LogP contribution < -0.4 is 10.9 Å². The molecule has 0 bridgehead atoms. The molecular weight excluding hydrogens is 330 g/mol. The molecule has 3 rings (SSSR count). The minimum atomic E-state index is -0.253. The molecule has 2 amide bonds. The molecule has 1 aromatic heterocycles. The van der Waals surface area contributed by atoms with Crippen molar-refractivity contribution in [3.8, 4) is 0 Å². The number of rotatable bonds is 4. The molecule has 1 fully saturated rings. The van der Waals surface area contributed by atoms with Crippen LogP contribution in [0.2, 0.25) is 0 Å². The number of nitrogens with one attached hydrogen (secondary N) is 1. The number of amides is 2. The molecule has 6 heteroatoms. The molecule has 1 unspecified atom stereocenters. The molecule has 136 valence electrons. The third kappa shape index (κ3) is 3.54. The van der Waals surface area contributed by atoms with Gasteiger partial charge >= 0.3 is 0 Å². The largest absolute Gasteiger partial charge is 0.352 e. The number of nitrogens with zero attached hydrogens (tertiary/aromatic N) is 2. The van der Waals surface area contributed by atoms with Crippen LogP contribution in [-0.4, -0.2) is 34.4 Å². The van der Waals surface area contributed by atoms with Crippen LogP contribution in [0.15, 0.2) is 47.8 Å². The molecule has 0 radical (unpaired) electrons. The van der Waals surface area contributed by atoms with Crippen molar-refractivity contribution in [2.24, 2.45) is 13.0 Å². The molecular formula is C20H23N3O3. The van der Waals surface area contributed by atoms with E-state index < -0.39 is 0 Å². The number of pyridine rings is 1. The molecule has 1 N–H and O–H groups in total. The summed E-state index contributed by atoms with van der Waals surface area (Å²) >= 11 is 0. The second kappa shape index (κ2) is 7.56. The van der Waals surface area contributed by atoms with E-state index >= 15 is 0 Å². The summed E-state index contributed by atoms with van der Waals surface area (Å²) in [7, 11) is 1.73. The van der Waals surface area contributed by atoms with Gasteiger partial charge in [0.15, 0.2) is 0 Å². The average Bonchev–Trinajstić information content (AvgIpc) is 2.68. The van der Waals surface area contributed by atoms with E-state index in [2.05, 4.69) is 11.9 Å². The predicted molar refractivity (Wildman–Crippen MR) is 101 cm³/mol. The molecule has 1 aromatic carbocycles. The second-order valence-electron chi connectivity index (χ2n) is 6.64. The summed E-state index contributed by atoms with van der Waals surface area (Å²) in [4.78, 5) is 38.4. The maximum absolute atomic E-state index is 12.5. The smallest absolute Gasteiger partial charge is 0.255 e. The Labute approximate surface area is 152 Å². The third-order valence-corrected chi connectivity index (χ3v) is 4.94. The van der Waals surface area contributed by atoms with Gasteiger partial charge in [-0.25, -0.2) is 0 Å². The minimum absolute atomic E-state index is 0.115. The number of carbonyl (C=O) groups is 2. The van der Waals surface area contributed by atoms with Crippen molar-refractivity contribution in [1.29, 1.82) is 0 Å². The first-order valence-electron chi connectivity index (χ1n) is 8.78. The van der Waals surface area contributed by atoms with Crippen LogP contribution in [-0.2, 0) is 23.2 Å². The topological polar surface area (TPSA) is 71.4 Å². The van der Waals surface area contributed by atoms with Crippen molar-refractivity contribution in [1.82, 2.24) is 14.8 Å². The Balaban J connectivity index is 1.71. The van der Waals surface area contributed by atoms with Gasteiger partial charge in [0.05, 0.1) is 11.4 Å². The molecule has 6 nitrogen and oxygen atoms in total. The summed E-state index contributed by atoms with van der Waals surface area (Å²) in [5.41, 5.74) is 1.30. The minimum Gasteiger partial charge on any atom is -0.352 e. The van der Waals surface area contributed by atoms with Gasteiger partial charge in [0, 0.05) is 32.2 Å². The number of piperidine rings is 1. The zero-order valence-corrected chi connectivity index (χ0v) is 14.9. The Kier molecular flexibility index (Phi) is 5.21. The van der Waals surface area contributed by atoms with Gasteiger partial charge in [-0.05, 0) is 36.4 Å². The fourth-order valence-corrected chi connectivity index (χ4v) is 3.46. The summed E-state index contributed by atoms with van der Waals surface area (Å²) in [5.74, 6) is -0.523. The molecule has 2 heterocycles. The summed E-state index contributed by atoms with van der Waals surface area (Å²) in [6.07, 6.45) is 2.80. The Bertz CT molecular complexity index is 916. The number of para-hydroxylation sites is 1. The van der Waals surface area contributed by atoms with E-state index in [0.29, 0.717) is 18.7 Å². The zero-order chi connectivity index (χ0) is 18.7. The van der Waals surface area contributed by atoms with E-state index in [4.69, 9.17) is 0 Å². The molecule has 0 saturated carbocycles. The highest BCUT2D eigenvalue weighted by molar-refractivity contribution is 5.88. The lowest BCUT2D eigenvalue weighted by atomic mass is 9.97. The fourth-order valence-electron chi connectivity index (χ4n) is 3.46. The van der Waals surface area contributed by atoms with Crippen LogP contribution in [0.3, 0.4) is 0 Å². The first-order valence-corrected chi connectivity index (χ1v) is 8.78. The van der Waals surface area contributed by atoms with Crippen LogP contribution in [0, 0.1) is 5.92 Å². The lowest BCUT2D eigenvalue weighted by Gasteiger charge is -2.31. The normalized spacial score (nSPS) is 17.1. The van der Waals surface area contributed by atoms with E-state index in [0.717, 1.165) is 23.7 Å². The lowest BCUT2D eigenvalue weighted by Crippen LogP contribution is -2.45. The number of benzene rings is 1. The standard InChI is InChI=1S/C20H23N3O3/c1-3-18(24)23-10-6-8-15(13-23)19(25)21-12-16-11-14-7-4-5-9-17(14)22(2)20(16)26/h3-5,7,9,11,15H,1,6,8,10,12-13H2,2H3,(H,21,25). The highest BCUT2D eigenvalue weighted by Crippen LogP contribution is 2.17. The van der Waals surface area contributed by atoms with Crippen molar-refractivity contribution in [3.05, 3.63) is 58.9 Å². The van der Waals surface area contributed by atoms with Crippen molar-refractivity contribution in [2.45, 2.75) is 19.4 Å². The summed E-state index contributed by atoms with van der Waals surface area (Å²) in [5, 5.41) is 3.82. The predicted octanol–water partition coefficient (Wildman–Crippen LogP) is 1.58. The lowest BCUT2D eigenvalue weighted by molar-refractivity contribution is -0.132. The monoisotopic (exact) mass is 353 g/mol. The molecule has 2 aromatic rings. The van der Waals surface area contributed by atoms with Crippen LogP contribution in [0.25, 0.3) is 10.9 Å². The van der Waals surface area contributed by atoms with Gasteiger partial charge in [-0.15, -0.1) is 0 Å². The molecule has 1 saturated heterocycles. The Morgan fingerprint density at radius 1 is 1.35 bits per heavy atom. The zero-order valence-electron chi connectivity index (χ0n) is 14.9. The van der Waals surface area contributed by atoms with Gasteiger partial charge in [0.25, 0.3) is 5.56 Å². The summed E-state index contributed by atoms with van der Waals surface area (Å²) in [6.45, 7) is 4.73. The molecule has 0 aliphatic carbocycles. The molecule has 0 spiro atoms. The first-order chi connectivity index (χ1) is 12.5. The van der Waals surface area contributed by atoms with E-state index in [9.17, 15) is 14.4 Å². The maximum atomic E-state index is 12.5.